The second kappa shape index (κ2) is 5.63. The van der Waals surface area contributed by atoms with Gasteiger partial charge in [0.2, 0.25) is 11.5 Å². The zero-order valence-corrected chi connectivity index (χ0v) is 11.4. The van der Waals surface area contributed by atoms with Crippen molar-refractivity contribution in [2.24, 2.45) is 0 Å². The van der Waals surface area contributed by atoms with Crippen molar-refractivity contribution >= 4 is 11.8 Å². The number of nitriles is 1. The number of nitrogens with one attached hydrogen (secondary N) is 1. The Labute approximate surface area is 121 Å². The summed E-state index contributed by atoms with van der Waals surface area (Å²) in [5.41, 5.74) is 0.273. The van der Waals surface area contributed by atoms with Gasteiger partial charge in [0.25, 0.3) is 0 Å². The Bertz CT molecular complexity index is 726. The standard InChI is InChI=1S/C14H14N6O/c15-10-11-4-5-16-14(17-11)20-8-6-19(7-9-20)12-2-1-3-13(21)18-12/h1-5H,6-9H2,(H,18,21). The number of aromatic amines is 1. The summed E-state index contributed by atoms with van der Waals surface area (Å²) in [4.78, 5) is 26.7. The second-order valence-corrected chi connectivity index (χ2v) is 4.73. The maximum atomic E-state index is 11.3. The zero-order valence-electron chi connectivity index (χ0n) is 11.4. The highest BCUT2D eigenvalue weighted by molar-refractivity contribution is 5.42. The van der Waals surface area contributed by atoms with Gasteiger partial charge in [-0.1, -0.05) is 6.07 Å². The van der Waals surface area contributed by atoms with Crippen molar-refractivity contribution in [3.8, 4) is 6.07 Å². The number of rotatable bonds is 2. The van der Waals surface area contributed by atoms with Crippen LogP contribution in [0, 0.1) is 11.3 Å². The van der Waals surface area contributed by atoms with Crippen molar-refractivity contribution in [1.29, 1.82) is 5.26 Å². The lowest BCUT2D eigenvalue weighted by Gasteiger charge is -2.35. The molecule has 3 rings (SSSR count). The number of anilines is 2. The van der Waals surface area contributed by atoms with Crippen molar-refractivity contribution in [3.63, 3.8) is 0 Å². The highest BCUT2D eigenvalue weighted by atomic mass is 16.1. The minimum atomic E-state index is -0.0972. The molecule has 0 radical (unpaired) electrons. The van der Waals surface area contributed by atoms with Gasteiger partial charge in [-0.2, -0.15) is 5.26 Å². The number of pyridine rings is 1. The van der Waals surface area contributed by atoms with Crippen LogP contribution in [0.5, 0.6) is 0 Å². The number of hydrogen-bond donors (Lipinski definition) is 1. The summed E-state index contributed by atoms with van der Waals surface area (Å²) in [6, 6.07) is 8.75. The van der Waals surface area contributed by atoms with Crippen LogP contribution in [0.4, 0.5) is 11.8 Å². The van der Waals surface area contributed by atoms with E-state index in [-0.39, 0.29) is 5.56 Å². The molecule has 1 aliphatic heterocycles. The van der Waals surface area contributed by atoms with Crippen molar-refractivity contribution in [2.75, 3.05) is 36.0 Å². The number of H-pyrrole nitrogens is 1. The molecule has 0 aromatic carbocycles. The molecule has 0 amide bonds. The number of aromatic nitrogens is 3. The average molecular weight is 282 g/mol. The zero-order chi connectivity index (χ0) is 14.7. The molecule has 106 valence electrons. The third kappa shape index (κ3) is 2.84. The van der Waals surface area contributed by atoms with Crippen LogP contribution in [-0.2, 0) is 0 Å². The fourth-order valence-electron chi connectivity index (χ4n) is 2.33. The second-order valence-electron chi connectivity index (χ2n) is 4.73. The van der Waals surface area contributed by atoms with Gasteiger partial charge in [-0.25, -0.2) is 9.97 Å². The summed E-state index contributed by atoms with van der Waals surface area (Å²) in [5.74, 6) is 1.41. The maximum Gasteiger partial charge on any atom is 0.249 e. The lowest BCUT2D eigenvalue weighted by molar-refractivity contribution is 0.633. The van der Waals surface area contributed by atoms with E-state index in [9.17, 15) is 4.79 Å². The predicted octanol–water partition coefficient (Wildman–Crippen LogP) is 0.363. The van der Waals surface area contributed by atoms with E-state index >= 15 is 0 Å². The van der Waals surface area contributed by atoms with Crippen molar-refractivity contribution in [2.45, 2.75) is 0 Å². The van der Waals surface area contributed by atoms with Gasteiger partial charge >= 0.3 is 0 Å². The van der Waals surface area contributed by atoms with E-state index < -0.39 is 0 Å². The molecule has 0 aliphatic carbocycles. The fraction of sp³-hybridized carbons (Fsp3) is 0.286. The van der Waals surface area contributed by atoms with Gasteiger partial charge in [0.1, 0.15) is 17.6 Å². The molecule has 21 heavy (non-hydrogen) atoms. The molecule has 0 atom stereocenters. The number of piperazine rings is 1. The number of nitrogens with zero attached hydrogens (tertiary/aromatic N) is 5. The molecule has 2 aromatic rings. The summed E-state index contributed by atoms with van der Waals surface area (Å²) in [6.45, 7) is 3.01. The molecule has 0 spiro atoms. The first-order valence-electron chi connectivity index (χ1n) is 6.68. The van der Waals surface area contributed by atoms with E-state index in [4.69, 9.17) is 5.26 Å². The molecule has 0 bridgehead atoms. The highest BCUT2D eigenvalue weighted by Crippen LogP contribution is 2.15. The Balaban J connectivity index is 1.70. The Morgan fingerprint density at radius 3 is 2.62 bits per heavy atom. The average Bonchev–Trinajstić information content (AvgIpc) is 2.55. The van der Waals surface area contributed by atoms with E-state index in [1.165, 1.54) is 6.07 Å². The summed E-state index contributed by atoms with van der Waals surface area (Å²) in [5, 5.41) is 8.88. The molecule has 1 N–H and O–H groups in total. The molecule has 7 heteroatoms. The first kappa shape index (κ1) is 13.1. The van der Waals surface area contributed by atoms with Gasteiger partial charge in [-0.05, 0) is 12.1 Å². The van der Waals surface area contributed by atoms with E-state index in [1.807, 2.05) is 17.0 Å². The van der Waals surface area contributed by atoms with Crippen molar-refractivity contribution in [3.05, 3.63) is 46.5 Å². The van der Waals surface area contributed by atoms with Gasteiger partial charge in [0, 0.05) is 38.4 Å². The lowest BCUT2D eigenvalue weighted by atomic mass is 10.3. The van der Waals surface area contributed by atoms with Crippen molar-refractivity contribution < 1.29 is 0 Å². The first-order valence-corrected chi connectivity index (χ1v) is 6.68. The quantitative estimate of drug-likeness (QED) is 0.855. The number of hydrogen-bond acceptors (Lipinski definition) is 6. The minimum Gasteiger partial charge on any atom is -0.355 e. The molecule has 2 aromatic heterocycles. The Kier molecular flexibility index (Phi) is 3.51. The molecule has 0 saturated carbocycles. The lowest BCUT2D eigenvalue weighted by Crippen LogP contribution is -2.47. The van der Waals surface area contributed by atoms with Gasteiger partial charge < -0.3 is 14.8 Å². The van der Waals surface area contributed by atoms with Crippen LogP contribution < -0.4 is 15.4 Å². The van der Waals surface area contributed by atoms with Crippen LogP contribution in [0.2, 0.25) is 0 Å². The predicted molar refractivity (Wildman–Crippen MR) is 78.2 cm³/mol. The van der Waals surface area contributed by atoms with Crippen LogP contribution in [0.25, 0.3) is 0 Å². The van der Waals surface area contributed by atoms with Gasteiger partial charge in [-0.15, -0.1) is 0 Å². The molecule has 1 saturated heterocycles. The van der Waals surface area contributed by atoms with E-state index in [1.54, 1.807) is 18.3 Å². The van der Waals surface area contributed by atoms with Gasteiger partial charge in [-0.3, -0.25) is 4.79 Å². The molecule has 0 unspecified atom stereocenters. The third-order valence-electron chi connectivity index (χ3n) is 3.41. The van der Waals surface area contributed by atoms with Crippen LogP contribution in [0.1, 0.15) is 5.69 Å². The largest absolute Gasteiger partial charge is 0.355 e. The highest BCUT2D eigenvalue weighted by Gasteiger charge is 2.19. The molecular weight excluding hydrogens is 268 g/mol. The van der Waals surface area contributed by atoms with E-state index in [0.29, 0.717) is 11.6 Å². The SMILES string of the molecule is N#Cc1ccnc(N2CCN(c3cccc(=O)[nH]3)CC2)n1. The smallest absolute Gasteiger partial charge is 0.249 e. The van der Waals surface area contributed by atoms with Crippen LogP contribution in [-0.4, -0.2) is 41.1 Å². The maximum absolute atomic E-state index is 11.3. The van der Waals surface area contributed by atoms with Crippen molar-refractivity contribution in [1.82, 2.24) is 15.0 Å². The minimum absolute atomic E-state index is 0.0972. The summed E-state index contributed by atoms with van der Waals surface area (Å²) in [7, 11) is 0. The van der Waals surface area contributed by atoms with Gasteiger partial charge in [0.05, 0.1) is 0 Å². The van der Waals surface area contributed by atoms with E-state index in [2.05, 4.69) is 19.9 Å². The third-order valence-corrected chi connectivity index (χ3v) is 3.41. The Hall–Kier alpha value is -2.88. The van der Waals surface area contributed by atoms with Gasteiger partial charge in [0.15, 0.2) is 0 Å². The monoisotopic (exact) mass is 282 g/mol. The normalized spacial score (nSPS) is 14.8. The molecular formula is C14H14N6O. The molecule has 1 aliphatic rings. The summed E-state index contributed by atoms with van der Waals surface area (Å²) < 4.78 is 0. The summed E-state index contributed by atoms with van der Waals surface area (Å²) >= 11 is 0. The van der Waals surface area contributed by atoms with Crippen LogP contribution in [0.3, 0.4) is 0 Å². The first-order chi connectivity index (χ1) is 10.3. The van der Waals surface area contributed by atoms with Crippen LogP contribution >= 0.6 is 0 Å². The molecule has 3 heterocycles. The topological polar surface area (TPSA) is 88.9 Å². The van der Waals surface area contributed by atoms with Crippen LogP contribution in [0.15, 0.2) is 35.3 Å². The fourth-order valence-corrected chi connectivity index (χ4v) is 2.33. The summed E-state index contributed by atoms with van der Waals surface area (Å²) in [6.07, 6.45) is 1.60. The molecule has 1 fully saturated rings. The molecule has 7 nitrogen and oxygen atoms in total. The Morgan fingerprint density at radius 1 is 1.14 bits per heavy atom. The van der Waals surface area contributed by atoms with E-state index in [0.717, 1.165) is 32.0 Å². The Morgan fingerprint density at radius 2 is 1.90 bits per heavy atom.